The molecule has 2 amide bonds. The van der Waals surface area contributed by atoms with E-state index in [0.29, 0.717) is 12.1 Å². The van der Waals surface area contributed by atoms with Crippen molar-refractivity contribution in [2.24, 2.45) is 0 Å². The summed E-state index contributed by atoms with van der Waals surface area (Å²) in [4.78, 5) is 25.8. The number of nitrogens with zero attached hydrogens (tertiary/aromatic N) is 1. The minimum absolute atomic E-state index is 0.0242. The molecule has 1 heterocycles. The first kappa shape index (κ1) is 17.2. The summed E-state index contributed by atoms with van der Waals surface area (Å²) < 4.78 is 0. The van der Waals surface area contributed by atoms with Crippen molar-refractivity contribution in [1.29, 1.82) is 0 Å². The van der Waals surface area contributed by atoms with E-state index >= 15 is 0 Å². The Kier molecular flexibility index (Phi) is 6.31. The van der Waals surface area contributed by atoms with Crippen LogP contribution in [-0.4, -0.2) is 43.9 Å². The van der Waals surface area contributed by atoms with Gasteiger partial charge >= 0.3 is 0 Å². The second kappa shape index (κ2) is 8.45. The van der Waals surface area contributed by atoms with Crippen molar-refractivity contribution in [2.45, 2.75) is 6.04 Å². The number of hydrogen-bond donors (Lipinski definition) is 2. The highest BCUT2D eigenvalue weighted by Crippen LogP contribution is 2.16. The van der Waals surface area contributed by atoms with Gasteiger partial charge in [-0.15, -0.1) is 0 Å². The molecule has 0 saturated heterocycles. The number of benzene rings is 1. The first-order chi connectivity index (χ1) is 11.1. The Morgan fingerprint density at radius 3 is 2.48 bits per heavy atom. The van der Waals surface area contributed by atoms with Crippen LogP contribution in [0.5, 0.6) is 0 Å². The van der Waals surface area contributed by atoms with Crippen LogP contribution in [-0.2, 0) is 4.79 Å². The first-order valence-corrected chi connectivity index (χ1v) is 8.30. The quantitative estimate of drug-likeness (QED) is 0.814. The number of carbonyl (C=O) groups is 2. The Morgan fingerprint density at radius 1 is 1.13 bits per heavy atom. The number of amides is 2. The van der Waals surface area contributed by atoms with E-state index in [1.54, 1.807) is 11.4 Å². The van der Waals surface area contributed by atoms with E-state index in [0.717, 1.165) is 5.56 Å². The molecule has 1 aromatic heterocycles. The van der Waals surface area contributed by atoms with E-state index in [1.165, 1.54) is 11.3 Å². The van der Waals surface area contributed by atoms with Crippen molar-refractivity contribution >= 4 is 23.2 Å². The predicted octanol–water partition coefficient (Wildman–Crippen LogP) is 1.90. The SMILES string of the molecule is CN(C)C(CNC(=O)CNC(=O)c1ccsc1)c1ccccc1. The predicted molar refractivity (Wildman–Crippen MR) is 92.5 cm³/mol. The van der Waals surface area contributed by atoms with Gasteiger partial charge in [-0.1, -0.05) is 30.3 Å². The zero-order chi connectivity index (χ0) is 16.7. The molecule has 2 rings (SSSR count). The van der Waals surface area contributed by atoms with Gasteiger partial charge < -0.3 is 15.5 Å². The van der Waals surface area contributed by atoms with E-state index < -0.39 is 0 Å². The lowest BCUT2D eigenvalue weighted by Gasteiger charge is -2.25. The van der Waals surface area contributed by atoms with Gasteiger partial charge in [-0.2, -0.15) is 11.3 Å². The largest absolute Gasteiger partial charge is 0.353 e. The Hall–Kier alpha value is -2.18. The van der Waals surface area contributed by atoms with Crippen LogP contribution in [0.15, 0.2) is 47.2 Å². The van der Waals surface area contributed by atoms with Gasteiger partial charge in [0.25, 0.3) is 5.91 Å². The lowest BCUT2D eigenvalue weighted by Crippen LogP contribution is -2.40. The van der Waals surface area contributed by atoms with E-state index in [2.05, 4.69) is 15.5 Å². The van der Waals surface area contributed by atoms with Gasteiger partial charge in [-0.25, -0.2) is 0 Å². The Bertz CT molecular complexity index is 627. The number of nitrogens with one attached hydrogen (secondary N) is 2. The maximum atomic E-state index is 11.9. The zero-order valence-electron chi connectivity index (χ0n) is 13.3. The molecule has 2 aromatic rings. The maximum absolute atomic E-state index is 11.9. The fraction of sp³-hybridized carbons (Fsp3) is 0.294. The van der Waals surface area contributed by atoms with Gasteiger partial charge in [-0.05, 0) is 31.1 Å². The Morgan fingerprint density at radius 2 is 1.87 bits per heavy atom. The maximum Gasteiger partial charge on any atom is 0.252 e. The smallest absolute Gasteiger partial charge is 0.252 e. The normalized spacial score (nSPS) is 12.0. The summed E-state index contributed by atoms with van der Waals surface area (Å²) in [5, 5.41) is 9.07. The van der Waals surface area contributed by atoms with Crippen LogP contribution in [0, 0.1) is 0 Å². The topological polar surface area (TPSA) is 61.4 Å². The molecule has 1 unspecified atom stereocenters. The minimum Gasteiger partial charge on any atom is -0.353 e. The van der Waals surface area contributed by atoms with E-state index in [1.807, 2.05) is 49.8 Å². The molecule has 0 radical (unpaired) electrons. The molecular weight excluding hydrogens is 310 g/mol. The van der Waals surface area contributed by atoms with Crippen LogP contribution in [0.25, 0.3) is 0 Å². The molecule has 23 heavy (non-hydrogen) atoms. The fourth-order valence-corrected chi connectivity index (χ4v) is 2.84. The summed E-state index contributed by atoms with van der Waals surface area (Å²) in [6.45, 7) is 0.466. The summed E-state index contributed by atoms with van der Waals surface area (Å²) in [6, 6.07) is 11.8. The average Bonchev–Trinajstić information content (AvgIpc) is 3.08. The van der Waals surface area contributed by atoms with Crippen LogP contribution in [0.1, 0.15) is 22.0 Å². The number of hydrogen-bond acceptors (Lipinski definition) is 4. The molecule has 1 aromatic carbocycles. The summed E-state index contributed by atoms with van der Waals surface area (Å²) in [5.41, 5.74) is 1.72. The van der Waals surface area contributed by atoms with Gasteiger partial charge in [0.15, 0.2) is 0 Å². The molecule has 6 heteroatoms. The summed E-state index contributed by atoms with van der Waals surface area (Å²) in [7, 11) is 3.95. The standard InChI is InChI=1S/C17H21N3O2S/c1-20(2)15(13-6-4-3-5-7-13)10-18-16(21)11-19-17(22)14-8-9-23-12-14/h3-9,12,15H,10-11H2,1-2H3,(H,18,21)(H,19,22). The molecule has 0 bridgehead atoms. The van der Waals surface area contributed by atoms with E-state index in [-0.39, 0.29) is 24.4 Å². The zero-order valence-corrected chi connectivity index (χ0v) is 14.1. The molecule has 0 fully saturated rings. The lowest BCUT2D eigenvalue weighted by atomic mass is 10.1. The third kappa shape index (κ3) is 5.19. The Balaban J connectivity index is 1.81. The van der Waals surface area contributed by atoms with Crippen molar-refractivity contribution in [2.75, 3.05) is 27.2 Å². The molecule has 5 nitrogen and oxygen atoms in total. The summed E-state index contributed by atoms with van der Waals surface area (Å²) >= 11 is 1.45. The number of likely N-dealkylation sites (N-methyl/N-ethyl adjacent to an activating group) is 1. The van der Waals surface area contributed by atoms with Crippen molar-refractivity contribution in [3.8, 4) is 0 Å². The van der Waals surface area contributed by atoms with Gasteiger partial charge in [0, 0.05) is 17.5 Å². The molecule has 0 aliphatic rings. The van der Waals surface area contributed by atoms with Crippen molar-refractivity contribution in [3.63, 3.8) is 0 Å². The third-order valence-electron chi connectivity index (χ3n) is 3.49. The number of thiophene rings is 1. The molecule has 0 saturated carbocycles. The van der Waals surface area contributed by atoms with Crippen molar-refractivity contribution < 1.29 is 9.59 Å². The van der Waals surface area contributed by atoms with Gasteiger partial charge in [0.2, 0.25) is 5.91 Å². The lowest BCUT2D eigenvalue weighted by molar-refractivity contribution is -0.120. The Labute approximate surface area is 140 Å². The van der Waals surface area contributed by atoms with E-state index in [4.69, 9.17) is 0 Å². The molecule has 1 atom stereocenters. The van der Waals surface area contributed by atoms with Crippen LogP contribution >= 0.6 is 11.3 Å². The molecule has 0 spiro atoms. The van der Waals surface area contributed by atoms with Crippen molar-refractivity contribution in [3.05, 3.63) is 58.3 Å². The summed E-state index contributed by atoms with van der Waals surface area (Å²) in [6.07, 6.45) is 0. The number of rotatable bonds is 7. The van der Waals surface area contributed by atoms with Crippen LogP contribution < -0.4 is 10.6 Å². The van der Waals surface area contributed by atoms with Crippen molar-refractivity contribution in [1.82, 2.24) is 15.5 Å². The monoisotopic (exact) mass is 331 g/mol. The second-order valence-corrected chi connectivity index (χ2v) is 6.17. The van der Waals surface area contributed by atoms with Crippen LogP contribution in [0.4, 0.5) is 0 Å². The highest BCUT2D eigenvalue weighted by molar-refractivity contribution is 7.08. The number of carbonyl (C=O) groups excluding carboxylic acids is 2. The third-order valence-corrected chi connectivity index (χ3v) is 4.18. The highest BCUT2D eigenvalue weighted by Gasteiger charge is 2.15. The van der Waals surface area contributed by atoms with Crippen LogP contribution in [0.2, 0.25) is 0 Å². The van der Waals surface area contributed by atoms with Gasteiger partial charge in [-0.3, -0.25) is 9.59 Å². The minimum atomic E-state index is -0.228. The molecule has 0 aliphatic heterocycles. The first-order valence-electron chi connectivity index (χ1n) is 7.36. The molecule has 2 N–H and O–H groups in total. The van der Waals surface area contributed by atoms with Gasteiger partial charge in [0.05, 0.1) is 12.6 Å². The molecular formula is C17H21N3O2S. The average molecular weight is 331 g/mol. The second-order valence-electron chi connectivity index (χ2n) is 5.39. The highest BCUT2D eigenvalue weighted by atomic mass is 32.1. The van der Waals surface area contributed by atoms with Crippen LogP contribution in [0.3, 0.4) is 0 Å². The van der Waals surface area contributed by atoms with Gasteiger partial charge in [0.1, 0.15) is 0 Å². The van der Waals surface area contributed by atoms with E-state index in [9.17, 15) is 9.59 Å². The molecule has 0 aliphatic carbocycles. The fourth-order valence-electron chi connectivity index (χ4n) is 2.20. The summed E-state index contributed by atoms with van der Waals surface area (Å²) in [5.74, 6) is -0.426. The molecule has 122 valence electrons.